The molecule has 24 heavy (non-hydrogen) atoms. The van der Waals surface area contributed by atoms with Gasteiger partial charge in [-0.3, -0.25) is 5.10 Å². The third-order valence-electron chi connectivity index (χ3n) is 5.02. The van der Waals surface area contributed by atoms with Crippen LogP contribution in [0.15, 0.2) is 48.5 Å². The van der Waals surface area contributed by atoms with E-state index in [1.54, 1.807) is 0 Å². The summed E-state index contributed by atoms with van der Waals surface area (Å²) in [5.41, 5.74) is 8.73. The van der Waals surface area contributed by atoms with Crippen LogP contribution in [-0.2, 0) is 11.2 Å². The molecule has 1 aliphatic heterocycles. The first-order valence-corrected chi connectivity index (χ1v) is 8.49. The number of hydrogen-bond donors (Lipinski definition) is 1. The van der Waals surface area contributed by atoms with Gasteiger partial charge in [0.25, 0.3) is 0 Å². The van der Waals surface area contributed by atoms with Crippen molar-refractivity contribution in [3.63, 3.8) is 0 Å². The molecule has 2 aromatic carbocycles. The maximum atomic E-state index is 5.46. The molecule has 5 rings (SSSR count). The van der Waals surface area contributed by atoms with Gasteiger partial charge in [0.05, 0.1) is 24.6 Å². The van der Waals surface area contributed by atoms with Gasteiger partial charge in [0.2, 0.25) is 0 Å². The molecule has 2 aliphatic rings. The number of aromatic amines is 1. The third kappa shape index (κ3) is 2.14. The molecule has 1 saturated heterocycles. The molecule has 4 nitrogen and oxygen atoms in total. The lowest BCUT2D eigenvalue weighted by atomic mass is 10.1. The van der Waals surface area contributed by atoms with E-state index in [9.17, 15) is 0 Å². The van der Waals surface area contributed by atoms with Crippen LogP contribution in [-0.4, -0.2) is 36.5 Å². The first-order chi connectivity index (χ1) is 11.9. The lowest BCUT2D eigenvalue weighted by molar-refractivity contribution is 0.122. The molecule has 2 heterocycles. The van der Waals surface area contributed by atoms with Crippen LogP contribution in [0, 0.1) is 0 Å². The first-order valence-electron chi connectivity index (χ1n) is 8.49. The van der Waals surface area contributed by atoms with Gasteiger partial charge in [-0.15, -0.1) is 0 Å². The fourth-order valence-corrected chi connectivity index (χ4v) is 3.77. The molecular weight excluding hydrogens is 298 g/mol. The highest BCUT2D eigenvalue weighted by Crippen LogP contribution is 2.41. The monoisotopic (exact) mass is 317 g/mol. The van der Waals surface area contributed by atoms with Crippen LogP contribution >= 0.6 is 0 Å². The SMILES string of the molecule is c1ccc(-c2n[nH]c3c2Cc2cc(N4CCOCC4)ccc2-3)cc1. The Kier molecular flexibility index (Phi) is 3.16. The van der Waals surface area contributed by atoms with Crippen molar-refractivity contribution in [2.45, 2.75) is 6.42 Å². The van der Waals surface area contributed by atoms with E-state index in [1.165, 1.54) is 33.6 Å². The highest BCUT2D eigenvalue weighted by atomic mass is 16.5. The topological polar surface area (TPSA) is 41.2 Å². The van der Waals surface area contributed by atoms with E-state index in [-0.39, 0.29) is 0 Å². The molecule has 1 aromatic heterocycles. The molecule has 1 aliphatic carbocycles. The van der Waals surface area contributed by atoms with Gasteiger partial charge in [-0.1, -0.05) is 36.4 Å². The van der Waals surface area contributed by atoms with Crippen LogP contribution in [0.25, 0.3) is 22.5 Å². The number of rotatable bonds is 2. The second-order valence-corrected chi connectivity index (χ2v) is 6.41. The number of ether oxygens (including phenoxy) is 1. The Morgan fingerprint density at radius 3 is 2.67 bits per heavy atom. The molecule has 0 saturated carbocycles. The van der Waals surface area contributed by atoms with Crippen LogP contribution in [0.2, 0.25) is 0 Å². The Hall–Kier alpha value is -2.59. The molecule has 120 valence electrons. The van der Waals surface area contributed by atoms with Gasteiger partial charge in [-0.2, -0.15) is 5.10 Å². The van der Waals surface area contributed by atoms with Crippen molar-refractivity contribution in [2.75, 3.05) is 31.2 Å². The van der Waals surface area contributed by atoms with Gasteiger partial charge in [0.1, 0.15) is 0 Å². The van der Waals surface area contributed by atoms with E-state index in [0.717, 1.165) is 38.4 Å². The minimum atomic E-state index is 0.818. The van der Waals surface area contributed by atoms with Crippen LogP contribution in [0.1, 0.15) is 11.1 Å². The Labute approximate surface area is 141 Å². The molecular formula is C20H19N3O. The van der Waals surface area contributed by atoms with Crippen LogP contribution < -0.4 is 4.90 Å². The number of benzene rings is 2. The van der Waals surface area contributed by atoms with Gasteiger partial charge >= 0.3 is 0 Å². The molecule has 0 radical (unpaired) electrons. The molecule has 4 heteroatoms. The minimum absolute atomic E-state index is 0.818. The van der Waals surface area contributed by atoms with E-state index in [0.29, 0.717) is 0 Å². The van der Waals surface area contributed by atoms with Gasteiger partial charge in [-0.25, -0.2) is 0 Å². The normalized spacial score (nSPS) is 16.1. The second kappa shape index (κ2) is 5.49. The fourth-order valence-electron chi connectivity index (χ4n) is 3.77. The lowest BCUT2D eigenvalue weighted by Crippen LogP contribution is -2.36. The molecule has 0 bridgehead atoms. The van der Waals surface area contributed by atoms with E-state index >= 15 is 0 Å². The first kappa shape index (κ1) is 13.8. The fraction of sp³-hybridized carbons (Fsp3) is 0.250. The van der Waals surface area contributed by atoms with E-state index < -0.39 is 0 Å². The zero-order chi connectivity index (χ0) is 15.9. The highest BCUT2D eigenvalue weighted by Gasteiger charge is 2.26. The predicted molar refractivity (Wildman–Crippen MR) is 95.3 cm³/mol. The largest absolute Gasteiger partial charge is 0.378 e. The predicted octanol–water partition coefficient (Wildman–Crippen LogP) is 3.48. The maximum absolute atomic E-state index is 5.46. The van der Waals surface area contributed by atoms with Crippen LogP contribution in [0.3, 0.4) is 0 Å². The molecule has 0 spiro atoms. The average Bonchev–Trinajstić information content (AvgIpc) is 3.21. The van der Waals surface area contributed by atoms with E-state index in [1.807, 2.05) is 6.07 Å². The summed E-state index contributed by atoms with van der Waals surface area (Å²) in [4.78, 5) is 2.41. The Bertz CT molecular complexity index is 879. The number of hydrogen-bond acceptors (Lipinski definition) is 3. The number of H-pyrrole nitrogens is 1. The zero-order valence-electron chi connectivity index (χ0n) is 13.5. The molecule has 0 amide bonds. The van der Waals surface area contributed by atoms with Crippen molar-refractivity contribution in [2.24, 2.45) is 0 Å². The Morgan fingerprint density at radius 1 is 1.00 bits per heavy atom. The molecule has 0 unspecified atom stereocenters. The van der Waals surface area contributed by atoms with Crippen LogP contribution in [0.4, 0.5) is 5.69 Å². The summed E-state index contributed by atoms with van der Waals surface area (Å²) in [6, 6.07) is 17.2. The van der Waals surface area contributed by atoms with Crippen molar-refractivity contribution >= 4 is 5.69 Å². The number of nitrogens with one attached hydrogen (secondary N) is 1. The summed E-state index contributed by atoms with van der Waals surface area (Å²) in [5.74, 6) is 0. The Morgan fingerprint density at radius 2 is 1.83 bits per heavy atom. The molecule has 3 aromatic rings. The van der Waals surface area contributed by atoms with Crippen molar-refractivity contribution < 1.29 is 4.74 Å². The number of fused-ring (bicyclic) bond motifs is 3. The zero-order valence-corrected chi connectivity index (χ0v) is 13.5. The Balaban J connectivity index is 1.51. The van der Waals surface area contributed by atoms with E-state index in [2.05, 4.69) is 57.6 Å². The van der Waals surface area contributed by atoms with Crippen molar-refractivity contribution in [1.82, 2.24) is 10.2 Å². The average molecular weight is 317 g/mol. The van der Waals surface area contributed by atoms with Crippen molar-refractivity contribution in [1.29, 1.82) is 0 Å². The van der Waals surface area contributed by atoms with Crippen LogP contribution in [0.5, 0.6) is 0 Å². The molecule has 1 N–H and O–H groups in total. The third-order valence-corrected chi connectivity index (χ3v) is 5.02. The quantitative estimate of drug-likeness (QED) is 0.615. The summed E-state index contributed by atoms with van der Waals surface area (Å²) >= 11 is 0. The summed E-state index contributed by atoms with van der Waals surface area (Å²) < 4.78 is 5.46. The minimum Gasteiger partial charge on any atom is -0.378 e. The number of nitrogens with zero attached hydrogens (tertiary/aromatic N) is 2. The van der Waals surface area contributed by atoms with E-state index in [4.69, 9.17) is 4.74 Å². The summed E-state index contributed by atoms with van der Waals surface area (Å²) in [6.45, 7) is 3.58. The summed E-state index contributed by atoms with van der Waals surface area (Å²) in [7, 11) is 0. The smallest absolute Gasteiger partial charge is 0.0962 e. The van der Waals surface area contributed by atoms with Gasteiger partial charge in [-0.05, 0) is 17.7 Å². The highest BCUT2D eigenvalue weighted by molar-refractivity contribution is 5.82. The van der Waals surface area contributed by atoms with Crippen molar-refractivity contribution in [3.8, 4) is 22.5 Å². The summed E-state index contributed by atoms with van der Waals surface area (Å²) in [6.07, 6.45) is 0.948. The number of morpholine rings is 1. The molecule has 1 fully saturated rings. The maximum Gasteiger partial charge on any atom is 0.0962 e. The van der Waals surface area contributed by atoms with Gasteiger partial charge < -0.3 is 9.64 Å². The molecule has 0 atom stereocenters. The lowest BCUT2D eigenvalue weighted by Gasteiger charge is -2.29. The van der Waals surface area contributed by atoms with Gasteiger partial charge in [0.15, 0.2) is 0 Å². The number of aromatic nitrogens is 2. The second-order valence-electron chi connectivity index (χ2n) is 6.41. The summed E-state index contributed by atoms with van der Waals surface area (Å²) in [5, 5.41) is 7.82. The van der Waals surface area contributed by atoms with Gasteiger partial charge in [0, 0.05) is 41.9 Å². The number of anilines is 1. The van der Waals surface area contributed by atoms with Crippen molar-refractivity contribution in [3.05, 3.63) is 59.7 Å². The standard InChI is InChI=1S/C20H19N3O/c1-2-4-14(5-3-1)19-18-13-15-12-16(23-8-10-24-11-9-23)6-7-17(15)20(18)22-21-19/h1-7,12H,8-11,13H2,(H,21,22).